The molecule has 1 heterocycles. The van der Waals surface area contributed by atoms with Gasteiger partial charge in [0, 0.05) is 22.3 Å². The van der Waals surface area contributed by atoms with Gasteiger partial charge >= 0.3 is 28.8 Å². The average molecular weight is 1130 g/mol. The van der Waals surface area contributed by atoms with Crippen LogP contribution in [0.3, 0.4) is 0 Å². The monoisotopic (exact) mass is 1120 g/mol. The summed E-state index contributed by atoms with van der Waals surface area (Å²) >= 11 is 0.950. The van der Waals surface area contributed by atoms with Crippen molar-refractivity contribution >= 4 is 11.4 Å². The molecule has 3 heteroatoms. The van der Waals surface area contributed by atoms with Crippen LogP contribution in [0.1, 0.15) is 358 Å². The Hall–Kier alpha value is -1.82. The number of allylic oxidation sites excluding steroid dienone is 2. The standard InChI is InChI=1S/C70H120N2.2CH3.Pd/c1-5-9-13-17-20-22-24-26-28-30-32-34-36-38-40-42-44-47-53-63-55-51-57-65(61-63)69-67(59-49-16-12-8-4)68(60-50-46-19-15-11-7-3)70(72(69)71)66-58-52-56-64(62-66)54-48-45-43-41-39-37-35-33-31-29-27-25-23-21-18-14-10-6-2;;;/h51-52,55-58,61-62H,5-50,53-54,59-60H2,1-4H3;2*1H3;. The van der Waals surface area contributed by atoms with E-state index in [0.29, 0.717) is 0 Å². The minimum absolute atomic E-state index is 0.950. The molecule has 0 spiro atoms. The summed E-state index contributed by atoms with van der Waals surface area (Å²) < 4.78 is 1.66. The zero-order valence-electron chi connectivity index (χ0n) is 51.2. The molecule has 0 saturated heterocycles. The van der Waals surface area contributed by atoms with Gasteiger partial charge in [-0.2, -0.15) is 0 Å². The van der Waals surface area contributed by atoms with Crippen molar-refractivity contribution in [1.82, 2.24) is 0 Å². The number of hydrogen-bond donors (Lipinski definition) is 0. The van der Waals surface area contributed by atoms with Crippen LogP contribution in [0.2, 0.25) is 10.8 Å². The van der Waals surface area contributed by atoms with Gasteiger partial charge in [0.25, 0.3) is 0 Å². The average Bonchev–Trinajstić information content (AvgIpc) is 3.70. The zero-order chi connectivity index (χ0) is 53.9. The first kappa shape index (κ1) is 69.3. The molecule has 2 aromatic carbocycles. The number of unbranched alkanes of at least 4 members (excludes halogenated alkanes) is 42. The Labute approximate surface area is 478 Å². The molecule has 3 rings (SSSR count). The third kappa shape index (κ3) is 35.4. The third-order valence-electron chi connectivity index (χ3n) is 16.5. The van der Waals surface area contributed by atoms with E-state index in [-0.39, 0.29) is 0 Å². The maximum absolute atomic E-state index is 12.5. The van der Waals surface area contributed by atoms with Crippen LogP contribution in [0.25, 0.3) is 16.9 Å². The van der Waals surface area contributed by atoms with E-state index in [9.17, 15) is 5.53 Å². The van der Waals surface area contributed by atoms with E-state index in [1.807, 2.05) is 0 Å². The Morgan fingerprint density at radius 1 is 0.293 bits per heavy atom. The predicted molar refractivity (Wildman–Crippen MR) is 334 cm³/mol. The maximum atomic E-state index is 12.5. The molecule has 434 valence electrons. The quantitative estimate of drug-likeness (QED) is 0.0358. The summed E-state index contributed by atoms with van der Waals surface area (Å²) in [4.78, 5) is 0. The number of benzene rings is 2. The van der Waals surface area contributed by atoms with Crippen molar-refractivity contribution in [2.24, 2.45) is 0 Å². The van der Waals surface area contributed by atoms with Gasteiger partial charge in [0.15, 0.2) is 0 Å². The molecule has 0 amide bonds. The Bertz CT molecular complexity index is 1670. The van der Waals surface area contributed by atoms with Crippen molar-refractivity contribution in [3.8, 4) is 0 Å². The van der Waals surface area contributed by atoms with Gasteiger partial charge in [0.1, 0.15) is 0 Å². The Balaban J connectivity index is 0.00000626. The second kappa shape index (κ2) is 51.6. The topological polar surface area (TPSA) is 25.3 Å². The van der Waals surface area contributed by atoms with E-state index >= 15 is 0 Å². The van der Waals surface area contributed by atoms with E-state index in [1.54, 1.807) is 4.70 Å². The molecule has 0 fully saturated rings. The molecule has 0 saturated carbocycles. The second-order valence-corrected chi connectivity index (χ2v) is 25.1. The summed E-state index contributed by atoms with van der Waals surface area (Å²) in [7, 11) is 0. The van der Waals surface area contributed by atoms with Crippen molar-refractivity contribution in [1.29, 1.82) is 0 Å². The zero-order valence-corrected chi connectivity index (χ0v) is 52.7. The van der Waals surface area contributed by atoms with Crippen molar-refractivity contribution in [3.05, 3.63) is 87.5 Å². The Kier molecular flexibility index (Phi) is 47.7. The fourth-order valence-corrected chi connectivity index (χ4v) is 11.8. The third-order valence-corrected chi connectivity index (χ3v) is 16.5. The van der Waals surface area contributed by atoms with Gasteiger partial charge in [-0.15, -0.1) is 0 Å². The predicted octanol–water partition coefficient (Wildman–Crippen LogP) is 25.9. The van der Waals surface area contributed by atoms with Gasteiger partial charge in [-0.1, -0.05) is 322 Å². The van der Waals surface area contributed by atoms with Crippen LogP contribution in [0, 0.1) is 0 Å². The van der Waals surface area contributed by atoms with Crippen LogP contribution in [0.5, 0.6) is 0 Å². The van der Waals surface area contributed by atoms with Gasteiger partial charge in [0.2, 0.25) is 11.4 Å². The fraction of sp³-hybridized carbons (Fsp3) is 0.778. The Morgan fingerprint density at radius 2 is 0.493 bits per heavy atom. The van der Waals surface area contributed by atoms with Gasteiger partial charge in [0.05, 0.1) is 0 Å². The molecule has 1 aliphatic rings. The molecule has 0 N–H and O–H groups in total. The van der Waals surface area contributed by atoms with Gasteiger partial charge in [-0.25, -0.2) is 4.70 Å². The molecule has 0 unspecified atom stereocenters. The SMILES string of the molecule is CCCCCCCCCCCCCCCCCCCCc1cccc(C2=C(CCCCCC)C(CCCCCCCC)=C(c3cccc(CCCCCCCCCCCCCCCCCCCC)c3)[N+]2=[N-])c1.[CH3][Pd][CH3]. The van der Waals surface area contributed by atoms with Crippen LogP contribution in [0.15, 0.2) is 59.7 Å². The molecular formula is C72H126N2Pd. The molecule has 0 radical (unpaired) electrons. The summed E-state index contributed by atoms with van der Waals surface area (Å²) in [6.45, 7) is 9.25. The van der Waals surface area contributed by atoms with Gasteiger partial charge < -0.3 is 5.53 Å². The van der Waals surface area contributed by atoms with E-state index < -0.39 is 0 Å². The second-order valence-electron chi connectivity index (χ2n) is 23.5. The molecule has 75 heavy (non-hydrogen) atoms. The number of aryl methyl sites for hydroxylation is 2. The minimum atomic E-state index is 0.950. The first-order valence-electron chi connectivity index (χ1n) is 33.4. The fourth-order valence-electron chi connectivity index (χ4n) is 11.8. The first-order valence-corrected chi connectivity index (χ1v) is 36.5. The number of rotatable bonds is 52. The molecular weight excluding hydrogens is 999 g/mol. The molecule has 0 bridgehead atoms. The molecule has 1 aliphatic heterocycles. The summed E-state index contributed by atoms with van der Waals surface area (Å²) in [5, 5.41) is 4.35. The van der Waals surface area contributed by atoms with Crippen molar-refractivity contribution < 1.29 is 22.7 Å². The number of nitrogens with zero attached hydrogens (tertiary/aromatic N) is 2. The van der Waals surface area contributed by atoms with E-state index in [2.05, 4.69) is 87.0 Å². The van der Waals surface area contributed by atoms with Crippen LogP contribution in [-0.2, 0) is 30.8 Å². The van der Waals surface area contributed by atoms with Crippen molar-refractivity contribution in [2.45, 2.75) is 360 Å². The van der Waals surface area contributed by atoms with Crippen LogP contribution >= 0.6 is 0 Å². The van der Waals surface area contributed by atoms with Crippen LogP contribution < -0.4 is 0 Å². The molecule has 2 nitrogen and oxygen atoms in total. The van der Waals surface area contributed by atoms with Gasteiger partial charge in [-0.05, 0) is 86.8 Å². The summed E-state index contributed by atoms with van der Waals surface area (Å²) in [6, 6.07) is 18.6. The molecule has 0 atom stereocenters. The van der Waals surface area contributed by atoms with Crippen LogP contribution in [0.4, 0.5) is 0 Å². The van der Waals surface area contributed by atoms with Crippen LogP contribution in [-0.4, -0.2) is 4.70 Å². The molecule has 0 aromatic heterocycles. The first-order chi connectivity index (χ1) is 37.1. The normalized spacial score (nSPS) is 12.7. The Morgan fingerprint density at radius 3 is 0.733 bits per heavy atom. The molecule has 2 aromatic rings. The number of hydrogen-bond acceptors (Lipinski definition) is 0. The van der Waals surface area contributed by atoms with E-state index in [1.165, 1.54) is 329 Å². The van der Waals surface area contributed by atoms with E-state index in [0.717, 1.165) is 55.1 Å². The van der Waals surface area contributed by atoms with Crippen molar-refractivity contribution in [2.75, 3.05) is 0 Å². The summed E-state index contributed by atoms with van der Waals surface area (Å²) in [5.41, 5.74) is 22.8. The summed E-state index contributed by atoms with van der Waals surface area (Å²) in [6.07, 6.45) is 68.0. The summed E-state index contributed by atoms with van der Waals surface area (Å²) in [5.74, 6) is 0. The van der Waals surface area contributed by atoms with E-state index in [4.69, 9.17) is 0 Å². The van der Waals surface area contributed by atoms with Crippen molar-refractivity contribution in [3.63, 3.8) is 0 Å². The molecule has 0 aliphatic carbocycles. The van der Waals surface area contributed by atoms with Gasteiger partial charge in [-0.3, -0.25) is 0 Å².